The summed E-state index contributed by atoms with van der Waals surface area (Å²) in [5, 5.41) is 0. The molecule has 0 amide bonds. The minimum atomic E-state index is 0.700. The Bertz CT molecular complexity index is 208. The molecule has 1 aromatic rings. The largest absolute Gasteiger partial charge is 0.374 e. The predicted octanol–water partition coefficient (Wildman–Crippen LogP) is 2.67. The topological polar surface area (TPSA) is 9.23 Å². The number of hydrogen-bond acceptors (Lipinski definition) is 3. The zero-order chi connectivity index (χ0) is 8.10. The first-order valence-electron chi connectivity index (χ1n) is 3.23. The predicted molar refractivity (Wildman–Crippen MR) is 51.4 cm³/mol. The maximum atomic E-state index is 4.92. The molecule has 0 aliphatic rings. The van der Waals surface area contributed by atoms with Gasteiger partial charge in [0.15, 0.2) is 0 Å². The molecule has 0 radical (unpaired) electrons. The Labute approximate surface area is 76.6 Å². The van der Waals surface area contributed by atoms with Gasteiger partial charge in [-0.3, -0.25) is 0 Å². The molecule has 0 saturated carbocycles. The highest BCUT2D eigenvalue weighted by Gasteiger charge is 1.91. The van der Waals surface area contributed by atoms with Gasteiger partial charge in [-0.15, -0.1) is 12.6 Å². The van der Waals surface area contributed by atoms with Gasteiger partial charge in [0.05, 0.1) is 5.94 Å². The lowest BCUT2D eigenvalue weighted by atomic mass is 10.4. The van der Waals surface area contributed by atoms with Crippen LogP contribution in [0.5, 0.6) is 0 Å². The van der Waals surface area contributed by atoms with Crippen molar-refractivity contribution in [2.24, 2.45) is 0 Å². The molecule has 1 nitrogen and oxygen atoms in total. The summed E-state index contributed by atoms with van der Waals surface area (Å²) in [5.41, 5.74) is 0. The molecule has 0 aliphatic carbocycles. The highest BCUT2D eigenvalue weighted by Crippen LogP contribution is 2.18. The van der Waals surface area contributed by atoms with E-state index < -0.39 is 0 Å². The molecule has 1 aromatic carbocycles. The average molecular weight is 186 g/mol. The Morgan fingerprint density at radius 3 is 2.55 bits per heavy atom. The summed E-state index contributed by atoms with van der Waals surface area (Å²) in [4.78, 5) is 2.21. The van der Waals surface area contributed by atoms with Gasteiger partial charge in [0.2, 0.25) is 0 Å². The van der Waals surface area contributed by atoms with Crippen LogP contribution in [0.3, 0.4) is 0 Å². The van der Waals surface area contributed by atoms with Crippen molar-refractivity contribution in [3.8, 4) is 0 Å². The number of rotatable bonds is 3. The Kier molecular flexibility index (Phi) is 3.83. The van der Waals surface area contributed by atoms with E-state index in [9.17, 15) is 0 Å². The SMILES string of the molecule is COCSc1ccc(S)cc1. The Balaban J connectivity index is 2.52. The molecule has 0 N–H and O–H groups in total. The second kappa shape index (κ2) is 4.70. The van der Waals surface area contributed by atoms with Crippen molar-refractivity contribution in [1.29, 1.82) is 0 Å². The fraction of sp³-hybridized carbons (Fsp3) is 0.250. The minimum absolute atomic E-state index is 0.700. The van der Waals surface area contributed by atoms with Gasteiger partial charge in [0.25, 0.3) is 0 Å². The van der Waals surface area contributed by atoms with Crippen molar-refractivity contribution < 1.29 is 4.74 Å². The smallest absolute Gasteiger partial charge is 0.0963 e. The molecule has 0 aliphatic heterocycles. The standard InChI is InChI=1S/C8H10OS2/c1-9-6-11-8-4-2-7(10)3-5-8/h2-5,10H,6H2,1H3. The number of thiol groups is 1. The van der Waals surface area contributed by atoms with Gasteiger partial charge in [0.1, 0.15) is 0 Å². The summed E-state index contributed by atoms with van der Waals surface area (Å²) in [6, 6.07) is 8.01. The summed E-state index contributed by atoms with van der Waals surface area (Å²) in [7, 11) is 1.69. The molecule has 1 rings (SSSR count). The third-order valence-electron chi connectivity index (χ3n) is 1.18. The monoisotopic (exact) mass is 186 g/mol. The van der Waals surface area contributed by atoms with E-state index in [-0.39, 0.29) is 0 Å². The fourth-order valence-corrected chi connectivity index (χ4v) is 1.40. The number of ether oxygens (including phenoxy) is 1. The van der Waals surface area contributed by atoms with Crippen LogP contribution in [0, 0.1) is 0 Å². The molecule has 60 valence electrons. The van der Waals surface area contributed by atoms with Crippen LogP contribution in [0.15, 0.2) is 34.1 Å². The zero-order valence-electron chi connectivity index (χ0n) is 6.28. The van der Waals surface area contributed by atoms with Crippen molar-refractivity contribution in [3.05, 3.63) is 24.3 Å². The number of benzene rings is 1. The van der Waals surface area contributed by atoms with Gasteiger partial charge in [-0.2, -0.15) is 0 Å². The lowest BCUT2D eigenvalue weighted by Gasteiger charge is -1.98. The molecule has 0 aromatic heterocycles. The third kappa shape index (κ3) is 3.18. The van der Waals surface area contributed by atoms with Gasteiger partial charge in [0, 0.05) is 16.9 Å². The lowest BCUT2D eigenvalue weighted by molar-refractivity contribution is 0.259. The molecule has 0 atom stereocenters. The van der Waals surface area contributed by atoms with Crippen LogP contribution in [0.2, 0.25) is 0 Å². The van der Waals surface area contributed by atoms with E-state index in [1.54, 1.807) is 18.9 Å². The van der Waals surface area contributed by atoms with E-state index in [0.29, 0.717) is 5.94 Å². The first-order chi connectivity index (χ1) is 5.33. The van der Waals surface area contributed by atoms with Crippen molar-refractivity contribution in [3.63, 3.8) is 0 Å². The molecule has 3 heteroatoms. The lowest BCUT2D eigenvalue weighted by Crippen LogP contribution is -1.80. The van der Waals surface area contributed by atoms with Crippen LogP contribution < -0.4 is 0 Å². The Morgan fingerprint density at radius 1 is 1.36 bits per heavy atom. The highest BCUT2D eigenvalue weighted by molar-refractivity contribution is 7.99. The van der Waals surface area contributed by atoms with E-state index in [1.807, 2.05) is 24.3 Å². The van der Waals surface area contributed by atoms with Gasteiger partial charge < -0.3 is 4.74 Å². The molecule has 0 fully saturated rings. The summed E-state index contributed by atoms with van der Waals surface area (Å²) in [6.45, 7) is 0. The molecule has 0 unspecified atom stereocenters. The first kappa shape index (κ1) is 8.97. The van der Waals surface area contributed by atoms with Crippen LogP contribution in [-0.4, -0.2) is 13.0 Å². The van der Waals surface area contributed by atoms with Crippen molar-refractivity contribution >= 4 is 24.4 Å². The molecule has 0 spiro atoms. The van der Waals surface area contributed by atoms with Crippen molar-refractivity contribution in [2.45, 2.75) is 9.79 Å². The first-order valence-corrected chi connectivity index (χ1v) is 4.67. The van der Waals surface area contributed by atoms with Gasteiger partial charge in [-0.25, -0.2) is 0 Å². The van der Waals surface area contributed by atoms with Crippen molar-refractivity contribution in [2.75, 3.05) is 13.0 Å². The third-order valence-corrected chi connectivity index (χ3v) is 2.44. The average Bonchev–Trinajstić information content (AvgIpc) is 2.04. The normalized spacial score (nSPS) is 10.0. The zero-order valence-corrected chi connectivity index (χ0v) is 7.99. The molecule has 0 bridgehead atoms. The molecule has 0 saturated heterocycles. The van der Waals surface area contributed by atoms with E-state index in [4.69, 9.17) is 4.74 Å². The maximum Gasteiger partial charge on any atom is 0.0963 e. The second-order valence-corrected chi connectivity index (χ2v) is 3.56. The van der Waals surface area contributed by atoms with Crippen LogP contribution in [-0.2, 0) is 4.74 Å². The van der Waals surface area contributed by atoms with Crippen LogP contribution in [0.4, 0.5) is 0 Å². The van der Waals surface area contributed by atoms with Gasteiger partial charge in [-0.05, 0) is 24.3 Å². The summed E-state index contributed by atoms with van der Waals surface area (Å²) < 4.78 is 4.92. The number of methoxy groups -OCH3 is 1. The van der Waals surface area contributed by atoms with E-state index >= 15 is 0 Å². The van der Waals surface area contributed by atoms with E-state index in [1.165, 1.54) is 4.90 Å². The van der Waals surface area contributed by atoms with Crippen LogP contribution >= 0.6 is 24.4 Å². The van der Waals surface area contributed by atoms with Gasteiger partial charge in [-0.1, -0.05) is 11.8 Å². The number of thioether (sulfide) groups is 1. The summed E-state index contributed by atoms with van der Waals surface area (Å²) >= 11 is 5.86. The maximum absolute atomic E-state index is 4.92. The Hall–Kier alpha value is -0.120. The molecular formula is C8H10OS2. The van der Waals surface area contributed by atoms with Crippen LogP contribution in [0.1, 0.15) is 0 Å². The molecule has 11 heavy (non-hydrogen) atoms. The quantitative estimate of drug-likeness (QED) is 0.441. The van der Waals surface area contributed by atoms with Gasteiger partial charge >= 0.3 is 0 Å². The highest BCUT2D eigenvalue weighted by atomic mass is 32.2. The van der Waals surface area contributed by atoms with Crippen molar-refractivity contribution in [1.82, 2.24) is 0 Å². The summed E-state index contributed by atoms with van der Waals surface area (Å²) in [5.74, 6) is 0.700. The summed E-state index contributed by atoms with van der Waals surface area (Å²) in [6.07, 6.45) is 0. The van der Waals surface area contributed by atoms with Crippen LogP contribution in [0.25, 0.3) is 0 Å². The Morgan fingerprint density at radius 2 is 2.00 bits per heavy atom. The molecule has 0 heterocycles. The fourth-order valence-electron chi connectivity index (χ4n) is 0.669. The van der Waals surface area contributed by atoms with E-state index in [0.717, 1.165) is 4.90 Å². The van der Waals surface area contributed by atoms with E-state index in [2.05, 4.69) is 12.6 Å². The molecular weight excluding hydrogens is 176 g/mol. The minimum Gasteiger partial charge on any atom is -0.374 e. The number of hydrogen-bond donors (Lipinski definition) is 1. The second-order valence-electron chi connectivity index (χ2n) is 2.04.